The Hall–Kier alpha value is -3.39. The number of carbonyl (C=O) groups is 3. The van der Waals surface area contributed by atoms with Gasteiger partial charge in [0.15, 0.2) is 0 Å². The molecule has 2 aliphatic rings. The molecule has 2 amide bonds. The van der Waals surface area contributed by atoms with Crippen LogP contribution in [0.15, 0.2) is 36.4 Å². The SMILES string of the molecule is COC(=O)c1c(NC(=O)C[C@@H]2Nc3cccc4cccc(c34)NC2=O)sc2c1CCCC2. The molecule has 1 aromatic heterocycles. The second-order valence-corrected chi connectivity index (χ2v) is 9.16. The molecule has 2 aromatic carbocycles. The Morgan fingerprint density at radius 1 is 1.12 bits per heavy atom. The number of esters is 1. The van der Waals surface area contributed by atoms with Crippen LogP contribution in [0.1, 0.15) is 40.1 Å². The van der Waals surface area contributed by atoms with Crippen LogP contribution in [0, 0.1) is 0 Å². The molecule has 32 heavy (non-hydrogen) atoms. The number of hydrogen-bond donors (Lipinski definition) is 3. The van der Waals surface area contributed by atoms with Gasteiger partial charge in [-0.1, -0.05) is 24.3 Å². The van der Waals surface area contributed by atoms with E-state index >= 15 is 0 Å². The lowest BCUT2D eigenvalue weighted by atomic mass is 9.95. The first-order chi connectivity index (χ1) is 15.5. The van der Waals surface area contributed by atoms with E-state index in [4.69, 9.17) is 4.74 Å². The van der Waals surface area contributed by atoms with Gasteiger partial charge >= 0.3 is 5.97 Å². The van der Waals surface area contributed by atoms with Crippen molar-refractivity contribution in [2.45, 2.75) is 38.1 Å². The van der Waals surface area contributed by atoms with Crippen molar-refractivity contribution in [3.05, 3.63) is 52.4 Å². The highest BCUT2D eigenvalue weighted by Gasteiger charge is 2.30. The lowest BCUT2D eigenvalue weighted by Gasteiger charge is -2.16. The average molecular weight is 450 g/mol. The third kappa shape index (κ3) is 3.60. The normalized spacial score (nSPS) is 17.0. The minimum Gasteiger partial charge on any atom is -0.465 e. The van der Waals surface area contributed by atoms with Crippen molar-refractivity contribution in [2.75, 3.05) is 23.1 Å². The summed E-state index contributed by atoms with van der Waals surface area (Å²) in [5, 5.41) is 11.5. The molecule has 0 saturated heterocycles. The van der Waals surface area contributed by atoms with Gasteiger partial charge in [0.1, 0.15) is 11.0 Å². The van der Waals surface area contributed by atoms with Crippen molar-refractivity contribution in [1.82, 2.24) is 0 Å². The van der Waals surface area contributed by atoms with E-state index < -0.39 is 12.0 Å². The van der Waals surface area contributed by atoms with Crippen LogP contribution in [0.2, 0.25) is 0 Å². The molecular weight excluding hydrogens is 426 g/mol. The van der Waals surface area contributed by atoms with Gasteiger partial charge in [0.25, 0.3) is 0 Å². The maximum Gasteiger partial charge on any atom is 0.341 e. The number of methoxy groups -OCH3 is 1. The van der Waals surface area contributed by atoms with Crippen LogP contribution in [0.5, 0.6) is 0 Å². The Kier molecular flexibility index (Phi) is 5.30. The van der Waals surface area contributed by atoms with Gasteiger partial charge in [-0.2, -0.15) is 0 Å². The molecule has 1 aliphatic heterocycles. The lowest BCUT2D eigenvalue weighted by molar-refractivity contribution is -0.121. The third-order valence-electron chi connectivity index (χ3n) is 6.01. The maximum absolute atomic E-state index is 13.0. The van der Waals surface area contributed by atoms with Crippen molar-refractivity contribution < 1.29 is 19.1 Å². The van der Waals surface area contributed by atoms with Crippen molar-refractivity contribution in [1.29, 1.82) is 0 Å². The molecular formula is C24H23N3O4S. The molecule has 7 nitrogen and oxygen atoms in total. The number of hydrogen-bond acceptors (Lipinski definition) is 6. The highest BCUT2D eigenvalue weighted by Crippen LogP contribution is 2.39. The van der Waals surface area contributed by atoms with Crippen molar-refractivity contribution in [3.63, 3.8) is 0 Å². The molecule has 0 fully saturated rings. The highest BCUT2D eigenvalue weighted by atomic mass is 32.1. The lowest BCUT2D eigenvalue weighted by Crippen LogP contribution is -2.36. The summed E-state index contributed by atoms with van der Waals surface area (Å²) in [5.41, 5.74) is 2.96. The Bertz CT molecular complexity index is 1240. The summed E-state index contributed by atoms with van der Waals surface area (Å²) in [6.45, 7) is 0. The average Bonchev–Trinajstić information content (AvgIpc) is 3.09. The van der Waals surface area contributed by atoms with Gasteiger partial charge in [0.05, 0.1) is 24.8 Å². The molecule has 0 unspecified atom stereocenters. The number of fused-ring (bicyclic) bond motifs is 1. The minimum atomic E-state index is -0.746. The number of aryl methyl sites for hydroxylation is 1. The molecule has 0 radical (unpaired) electrons. The highest BCUT2D eigenvalue weighted by molar-refractivity contribution is 7.17. The van der Waals surface area contributed by atoms with E-state index in [-0.39, 0.29) is 18.2 Å². The first-order valence-electron chi connectivity index (χ1n) is 10.7. The molecule has 1 aliphatic carbocycles. The molecule has 0 bridgehead atoms. The topological polar surface area (TPSA) is 96.5 Å². The second kappa shape index (κ2) is 8.27. The van der Waals surface area contributed by atoms with Gasteiger partial charge in [-0.3, -0.25) is 9.59 Å². The van der Waals surface area contributed by atoms with Crippen molar-refractivity contribution in [3.8, 4) is 0 Å². The molecule has 0 saturated carbocycles. The summed E-state index contributed by atoms with van der Waals surface area (Å²) < 4.78 is 4.97. The standard InChI is InChI=1S/C24H23N3O4S/c1-31-24(30)21-14-8-2-3-11-18(14)32-23(21)27-19(28)12-17-22(29)26-16-10-5-7-13-6-4-9-15(25-17)20(13)16/h4-7,9-10,17,25H,2-3,8,11-12H2,1H3,(H,26,29)(H,27,28)/t17-/m0/s1. The number of rotatable bonds is 4. The Morgan fingerprint density at radius 2 is 1.88 bits per heavy atom. The largest absolute Gasteiger partial charge is 0.465 e. The van der Waals surface area contributed by atoms with Crippen LogP contribution in [-0.4, -0.2) is 30.9 Å². The number of amides is 2. The van der Waals surface area contributed by atoms with E-state index in [0.717, 1.165) is 58.3 Å². The van der Waals surface area contributed by atoms with Crippen LogP contribution in [0.4, 0.5) is 16.4 Å². The molecule has 3 N–H and O–H groups in total. The smallest absolute Gasteiger partial charge is 0.341 e. The molecule has 8 heteroatoms. The van der Waals surface area contributed by atoms with E-state index in [2.05, 4.69) is 16.0 Å². The first kappa shape index (κ1) is 20.5. The van der Waals surface area contributed by atoms with Crippen LogP contribution in [0.3, 0.4) is 0 Å². The van der Waals surface area contributed by atoms with Gasteiger partial charge in [-0.05, 0) is 48.8 Å². The summed E-state index contributed by atoms with van der Waals surface area (Å²) in [6, 6.07) is 10.8. The third-order valence-corrected chi connectivity index (χ3v) is 7.22. The molecule has 1 atom stereocenters. The monoisotopic (exact) mass is 449 g/mol. The molecule has 2 heterocycles. The summed E-state index contributed by atoms with van der Waals surface area (Å²) in [4.78, 5) is 39.4. The predicted octanol–water partition coefficient (Wildman–Crippen LogP) is 4.33. The van der Waals surface area contributed by atoms with Gasteiger partial charge in [0.2, 0.25) is 11.8 Å². The summed E-state index contributed by atoms with van der Waals surface area (Å²) in [6.07, 6.45) is 3.72. The van der Waals surface area contributed by atoms with Crippen LogP contribution in [0.25, 0.3) is 10.8 Å². The van der Waals surface area contributed by atoms with Crippen LogP contribution in [-0.2, 0) is 27.2 Å². The summed E-state index contributed by atoms with van der Waals surface area (Å²) in [7, 11) is 1.35. The Morgan fingerprint density at radius 3 is 2.66 bits per heavy atom. The second-order valence-electron chi connectivity index (χ2n) is 8.05. The molecule has 5 rings (SSSR count). The summed E-state index contributed by atoms with van der Waals surface area (Å²) in [5.74, 6) is -1.05. The zero-order chi connectivity index (χ0) is 22.2. The quantitative estimate of drug-likeness (QED) is 0.515. The fourth-order valence-corrected chi connectivity index (χ4v) is 5.81. The fraction of sp³-hybridized carbons (Fsp3) is 0.292. The maximum atomic E-state index is 13.0. The fourth-order valence-electron chi connectivity index (χ4n) is 4.52. The number of thiophene rings is 1. The van der Waals surface area contributed by atoms with E-state index in [9.17, 15) is 14.4 Å². The van der Waals surface area contributed by atoms with E-state index in [0.29, 0.717) is 10.6 Å². The number of benzene rings is 2. The summed E-state index contributed by atoms with van der Waals surface area (Å²) >= 11 is 1.43. The molecule has 3 aromatic rings. The van der Waals surface area contributed by atoms with Crippen LogP contribution < -0.4 is 16.0 Å². The van der Waals surface area contributed by atoms with Crippen molar-refractivity contribution in [2.24, 2.45) is 0 Å². The number of nitrogens with one attached hydrogen (secondary N) is 3. The zero-order valence-electron chi connectivity index (χ0n) is 17.6. The van der Waals surface area contributed by atoms with Crippen LogP contribution >= 0.6 is 11.3 Å². The van der Waals surface area contributed by atoms with Gasteiger partial charge < -0.3 is 20.7 Å². The van der Waals surface area contributed by atoms with Gasteiger partial charge in [-0.25, -0.2) is 4.79 Å². The van der Waals surface area contributed by atoms with E-state index in [1.54, 1.807) is 0 Å². The van der Waals surface area contributed by atoms with Crippen molar-refractivity contribution >= 4 is 56.3 Å². The molecule has 164 valence electrons. The number of anilines is 3. The first-order valence-corrected chi connectivity index (χ1v) is 11.5. The van der Waals surface area contributed by atoms with Gasteiger partial charge in [0, 0.05) is 16.0 Å². The molecule has 0 spiro atoms. The minimum absolute atomic E-state index is 0.0701. The van der Waals surface area contributed by atoms with Gasteiger partial charge in [-0.15, -0.1) is 11.3 Å². The number of carbonyl (C=O) groups excluding carboxylic acids is 3. The zero-order valence-corrected chi connectivity index (χ0v) is 18.4. The van der Waals surface area contributed by atoms with E-state index in [1.807, 2.05) is 36.4 Å². The number of ether oxygens (including phenoxy) is 1. The van der Waals surface area contributed by atoms with E-state index in [1.165, 1.54) is 18.4 Å². The Labute approximate surface area is 189 Å². The predicted molar refractivity (Wildman–Crippen MR) is 126 cm³/mol. The Balaban J connectivity index is 1.39.